The molecule has 6 heteroatoms. The lowest BCUT2D eigenvalue weighted by Gasteiger charge is -2.16. The van der Waals surface area contributed by atoms with E-state index in [0.717, 1.165) is 11.1 Å². The van der Waals surface area contributed by atoms with Crippen molar-refractivity contribution in [2.24, 2.45) is 0 Å². The van der Waals surface area contributed by atoms with Gasteiger partial charge in [0.15, 0.2) is 17.1 Å². The number of benzene rings is 2. The first kappa shape index (κ1) is 16.3. The number of nitrogens with zero attached hydrogens (tertiary/aromatic N) is 1. The minimum Gasteiger partial charge on any atom is -0.493 e. The Bertz CT molecular complexity index is 814. The molecule has 0 spiro atoms. The van der Waals surface area contributed by atoms with Crippen molar-refractivity contribution in [2.45, 2.75) is 19.5 Å². The van der Waals surface area contributed by atoms with Gasteiger partial charge < -0.3 is 19.2 Å². The van der Waals surface area contributed by atoms with Crippen LogP contribution in [-0.2, 0) is 6.54 Å². The number of para-hydroxylation sites is 2. The molecular formula is C18H19FN2O3. The monoisotopic (exact) mass is 330 g/mol. The first-order valence-electron chi connectivity index (χ1n) is 7.61. The molecule has 5 nitrogen and oxygen atoms in total. The van der Waals surface area contributed by atoms with Crippen LogP contribution in [-0.4, -0.2) is 19.2 Å². The maximum Gasteiger partial charge on any atom is 0.209 e. The Morgan fingerprint density at radius 2 is 1.88 bits per heavy atom. The lowest BCUT2D eigenvalue weighted by Crippen LogP contribution is -2.19. The summed E-state index contributed by atoms with van der Waals surface area (Å²) < 4.78 is 30.3. The third-order valence-electron chi connectivity index (χ3n) is 3.87. The molecule has 0 aliphatic rings. The van der Waals surface area contributed by atoms with E-state index >= 15 is 0 Å². The van der Waals surface area contributed by atoms with E-state index in [4.69, 9.17) is 13.9 Å². The summed E-state index contributed by atoms with van der Waals surface area (Å²) in [5, 5.41) is 3.21. The topological polar surface area (TPSA) is 56.5 Å². The standard InChI is InChI=1S/C18H19FN2O3/c1-11(12-8-16(22-2)17(23-3)9-13(12)19)20-10-18-21-14-6-4-5-7-15(14)24-18/h4-9,11,20H,10H2,1-3H3/t11-/m0/s1. The highest BCUT2D eigenvalue weighted by Crippen LogP contribution is 2.32. The molecule has 126 valence electrons. The lowest BCUT2D eigenvalue weighted by molar-refractivity contribution is 0.350. The summed E-state index contributed by atoms with van der Waals surface area (Å²) in [6.07, 6.45) is 0. The molecule has 1 N–H and O–H groups in total. The largest absolute Gasteiger partial charge is 0.493 e. The van der Waals surface area contributed by atoms with E-state index in [2.05, 4.69) is 10.3 Å². The number of hydrogen-bond acceptors (Lipinski definition) is 5. The third kappa shape index (κ3) is 3.19. The Labute approximate surface area is 139 Å². The van der Waals surface area contributed by atoms with Crippen LogP contribution in [0.5, 0.6) is 11.5 Å². The molecule has 3 rings (SSSR count). The highest BCUT2D eigenvalue weighted by molar-refractivity contribution is 5.72. The van der Waals surface area contributed by atoms with Gasteiger partial charge in [-0.3, -0.25) is 0 Å². The molecule has 0 bridgehead atoms. The van der Waals surface area contributed by atoms with Crippen molar-refractivity contribution in [1.29, 1.82) is 0 Å². The second kappa shape index (κ2) is 6.88. The van der Waals surface area contributed by atoms with Gasteiger partial charge >= 0.3 is 0 Å². The Balaban J connectivity index is 1.75. The van der Waals surface area contributed by atoms with Crippen LogP contribution in [0.4, 0.5) is 4.39 Å². The van der Waals surface area contributed by atoms with Gasteiger partial charge in [-0.2, -0.15) is 0 Å². The van der Waals surface area contributed by atoms with E-state index in [-0.39, 0.29) is 11.9 Å². The van der Waals surface area contributed by atoms with Crippen LogP contribution >= 0.6 is 0 Å². The van der Waals surface area contributed by atoms with Gasteiger partial charge in [-0.25, -0.2) is 9.37 Å². The van der Waals surface area contributed by atoms with E-state index in [1.807, 2.05) is 31.2 Å². The van der Waals surface area contributed by atoms with Crippen LogP contribution in [0.1, 0.15) is 24.4 Å². The van der Waals surface area contributed by atoms with Crippen molar-refractivity contribution in [2.75, 3.05) is 14.2 Å². The van der Waals surface area contributed by atoms with Crippen LogP contribution in [0.15, 0.2) is 40.8 Å². The van der Waals surface area contributed by atoms with E-state index in [9.17, 15) is 4.39 Å². The molecule has 0 fully saturated rings. The molecule has 3 aromatic rings. The molecule has 0 saturated carbocycles. The van der Waals surface area contributed by atoms with Crippen molar-refractivity contribution in [3.8, 4) is 11.5 Å². The number of nitrogens with one attached hydrogen (secondary N) is 1. The highest BCUT2D eigenvalue weighted by Gasteiger charge is 2.16. The van der Waals surface area contributed by atoms with Crippen molar-refractivity contribution in [1.82, 2.24) is 10.3 Å². The van der Waals surface area contributed by atoms with Crippen LogP contribution in [0.3, 0.4) is 0 Å². The summed E-state index contributed by atoms with van der Waals surface area (Å²) in [5.74, 6) is 1.06. The first-order chi connectivity index (χ1) is 11.6. The van der Waals surface area contributed by atoms with Crippen molar-refractivity contribution in [3.63, 3.8) is 0 Å². The average Bonchev–Trinajstić information content (AvgIpc) is 3.02. The Hall–Kier alpha value is -2.60. The van der Waals surface area contributed by atoms with Gasteiger partial charge in [-0.15, -0.1) is 0 Å². The van der Waals surface area contributed by atoms with E-state index in [1.54, 1.807) is 6.07 Å². The van der Waals surface area contributed by atoms with Gasteiger partial charge in [0.1, 0.15) is 11.3 Å². The molecule has 0 radical (unpaired) electrons. The number of rotatable bonds is 6. The normalized spacial score (nSPS) is 12.3. The van der Waals surface area contributed by atoms with Gasteiger partial charge in [0, 0.05) is 17.7 Å². The zero-order valence-corrected chi connectivity index (χ0v) is 13.8. The summed E-state index contributed by atoms with van der Waals surface area (Å²) in [5.41, 5.74) is 2.03. The second-order valence-electron chi connectivity index (χ2n) is 5.41. The molecule has 0 saturated heterocycles. The summed E-state index contributed by atoms with van der Waals surface area (Å²) in [7, 11) is 3.00. The van der Waals surface area contributed by atoms with Crippen molar-refractivity contribution >= 4 is 11.1 Å². The van der Waals surface area contributed by atoms with Crippen molar-refractivity contribution in [3.05, 3.63) is 53.7 Å². The quantitative estimate of drug-likeness (QED) is 0.744. The molecule has 1 aromatic heterocycles. The smallest absolute Gasteiger partial charge is 0.209 e. The molecule has 1 atom stereocenters. The molecule has 0 unspecified atom stereocenters. The predicted octanol–water partition coefficient (Wildman–Crippen LogP) is 3.83. The van der Waals surface area contributed by atoms with Crippen LogP contribution < -0.4 is 14.8 Å². The van der Waals surface area contributed by atoms with Gasteiger partial charge in [0.25, 0.3) is 0 Å². The van der Waals surface area contributed by atoms with Crippen molar-refractivity contribution < 1.29 is 18.3 Å². The average molecular weight is 330 g/mol. The maximum absolute atomic E-state index is 14.3. The number of fused-ring (bicyclic) bond motifs is 1. The fraction of sp³-hybridized carbons (Fsp3) is 0.278. The summed E-state index contributed by atoms with van der Waals surface area (Å²) >= 11 is 0. The zero-order chi connectivity index (χ0) is 17.1. The van der Waals surface area contributed by atoms with E-state index in [0.29, 0.717) is 29.5 Å². The fourth-order valence-electron chi connectivity index (χ4n) is 2.55. The van der Waals surface area contributed by atoms with Gasteiger partial charge in [-0.05, 0) is 25.1 Å². The van der Waals surface area contributed by atoms with Gasteiger partial charge in [0.05, 0.1) is 20.8 Å². The lowest BCUT2D eigenvalue weighted by atomic mass is 10.1. The number of methoxy groups -OCH3 is 2. The van der Waals surface area contributed by atoms with Crippen LogP contribution in [0.2, 0.25) is 0 Å². The Kier molecular flexibility index (Phi) is 4.66. The highest BCUT2D eigenvalue weighted by atomic mass is 19.1. The minimum atomic E-state index is -0.356. The molecule has 0 aliphatic heterocycles. The SMILES string of the molecule is COc1cc(F)c([C@H](C)NCc2nc3ccccc3o2)cc1OC. The molecule has 24 heavy (non-hydrogen) atoms. The van der Waals surface area contributed by atoms with Crippen LogP contribution in [0, 0.1) is 5.82 Å². The predicted molar refractivity (Wildman–Crippen MR) is 88.8 cm³/mol. The molecule has 0 aliphatic carbocycles. The maximum atomic E-state index is 14.3. The number of halogens is 1. The molecular weight excluding hydrogens is 311 g/mol. The zero-order valence-electron chi connectivity index (χ0n) is 13.8. The van der Waals surface area contributed by atoms with Gasteiger partial charge in [-0.1, -0.05) is 12.1 Å². The third-order valence-corrected chi connectivity index (χ3v) is 3.87. The fourth-order valence-corrected chi connectivity index (χ4v) is 2.55. The Morgan fingerprint density at radius 3 is 2.58 bits per heavy atom. The number of aromatic nitrogens is 1. The van der Waals surface area contributed by atoms with E-state index < -0.39 is 0 Å². The minimum absolute atomic E-state index is 0.250. The van der Waals surface area contributed by atoms with Gasteiger partial charge in [0.2, 0.25) is 5.89 Å². The summed E-state index contributed by atoms with van der Waals surface area (Å²) in [4.78, 5) is 4.39. The van der Waals surface area contributed by atoms with Crippen LogP contribution in [0.25, 0.3) is 11.1 Å². The summed E-state index contributed by atoms with van der Waals surface area (Å²) in [6, 6.07) is 10.3. The first-order valence-corrected chi connectivity index (χ1v) is 7.61. The van der Waals surface area contributed by atoms with E-state index in [1.165, 1.54) is 20.3 Å². The number of ether oxygens (including phenoxy) is 2. The number of oxazole rings is 1. The summed E-state index contributed by atoms with van der Waals surface area (Å²) in [6.45, 7) is 2.26. The Morgan fingerprint density at radius 1 is 1.17 bits per heavy atom. The molecule has 1 heterocycles. The second-order valence-corrected chi connectivity index (χ2v) is 5.41. The molecule has 2 aromatic carbocycles. The molecule has 0 amide bonds. The number of hydrogen-bond donors (Lipinski definition) is 1.